The van der Waals surface area contributed by atoms with E-state index in [1.54, 1.807) is 0 Å². The Bertz CT molecular complexity index is 120. The van der Waals surface area contributed by atoms with Gasteiger partial charge in [-0.25, -0.2) is 5.43 Å². The lowest BCUT2D eigenvalue weighted by molar-refractivity contribution is 0.145. The predicted molar refractivity (Wildman–Crippen MR) is 55.4 cm³/mol. The molecule has 0 aromatic carbocycles. The fraction of sp³-hybridized carbons (Fsp3) is 1.00. The van der Waals surface area contributed by atoms with Crippen LogP contribution in [0, 0.1) is 5.92 Å². The van der Waals surface area contributed by atoms with Crippen molar-refractivity contribution in [1.29, 1.82) is 0 Å². The summed E-state index contributed by atoms with van der Waals surface area (Å²) >= 11 is 2.38. The first kappa shape index (κ1) is 9.70. The third-order valence-electron chi connectivity index (χ3n) is 2.07. The van der Waals surface area contributed by atoms with E-state index >= 15 is 0 Å². The Hall–Kier alpha value is 0.610. The highest BCUT2D eigenvalue weighted by Gasteiger charge is 2.20. The normalized spacial score (nSPS) is 32.7. The summed E-state index contributed by atoms with van der Waals surface area (Å²) in [5.41, 5.74) is 6.48. The van der Waals surface area contributed by atoms with Crippen LogP contribution in [0.3, 0.4) is 0 Å². The van der Waals surface area contributed by atoms with Crippen LogP contribution in [0.1, 0.15) is 13.3 Å². The highest BCUT2D eigenvalue weighted by Crippen LogP contribution is 2.11. The number of alkyl halides is 1. The van der Waals surface area contributed by atoms with Gasteiger partial charge in [0.25, 0.3) is 0 Å². The predicted octanol–water partition coefficient (Wildman–Crippen LogP) is 0.771. The molecule has 2 N–H and O–H groups in total. The van der Waals surface area contributed by atoms with Gasteiger partial charge in [0, 0.05) is 6.54 Å². The molecule has 1 aliphatic rings. The maximum absolute atomic E-state index is 3.27. The zero-order valence-corrected chi connectivity index (χ0v) is 9.26. The lowest BCUT2D eigenvalue weighted by atomic mass is 10.0. The maximum Gasteiger partial charge on any atom is 0.0735 e. The molecule has 1 aliphatic heterocycles. The fourth-order valence-corrected chi connectivity index (χ4v) is 1.72. The van der Waals surface area contributed by atoms with Crippen LogP contribution in [-0.2, 0) is 0 Å². The van der Waals surface area contributed by atoms with E-state index in [1.807, 2.05) is 0 Å². The van der Waals surface area contributed by atoms with E-state index < -0.39 is 0 Å². The minimum Gasteiger partial charge on any atom is -0.281 e. The molecule has 11 heavy (non-hydrogen) atoms. The smallest absolute Gasteiger partial charge is 0.0735 e. The number of hydrazine groups is 1. The summed E-state index contributed by atoms with van der Waals surface area (Å²) in [5, 5.41) is 0. The number of hydrogen-bond acceptors (Lipinski definition) is 3. The van der Waals surface area contributed by atoms with Gasteiger partial charge in [-0.05, 0) is 19.4 Å². The lowest BCUT2D eigenvalue weighted by Gasteiger charge is -2.34. The van der Waals surface area contributed by atoms with Crippen molar-refractivity contribution in [3.05, 3.63) is 0 Å². The van der Waals surface area contributed by atoms with Crippen LogP contribution in [0.25, 0.3) is 0 Å². The average molecular weight is 269 g/mol. The van der Waals surface area contributed by atoms with Crippen molar-refractivity contribution in [2.75, 3.05) is 18.1 Å². The van der Waals surface area contributed by atoms with Crippen LogP contribution in [-0.4, -0.2) is 29.2 Å². The Morgan fingerprint density at radius 2 is 2.36 bits per heavy atom. The van der Waals surface area contributed by atoms with Crippen LogP contribution < -0.4 is 10.9 Å². The van der Waals surface area contributed by atoms with Gasteiger partial charge in [0.15, 0.2) is 0 Å². The Balaban J connectivity index is 2.33. The van der Waals surface area contributed by atoms with Crippen molar-refractivity contribution in [3.63, 3.8) is 0 Å². The van der Waals surface area contributed by atoms with Gasteiger partial charge in [-0.3, -0.25) is 10.3 Å². The summed E-state index contributed by atoms with van der Waals surface area (Å²) in [6, 6.07) is 0. The molecule has 1 fully saturated rings. The monoisotopic (exact) mass is 269 g/mol. The van der Waals surface area contributed by atoms with E-state index in [-0.39, 0.29) is 0 Å². The molecule has 0 saturated carbocycles. The first-order valence-corrected chi connectivity index (χ1v) is 5.51. The van der Waals surface area contributed by atoms with Gasteiger partial charge in [-0.2, -0.15) is 0 Å². The molecule has 4 heteroatoms. The number of halogens is 1. The Morgan fingerprint density at radius 3 is 2.91 bits per heavy atom. The minimum absolute atomic E-state index is 0.510. The van der Waals surface area contributed by atoms with E-state index in [9.17, 15) is 0 Å². The summed E-state index contributed by atoms with van der Waals surface area (Å²) in [6.07, 6.45) is 1.75. The van der Waals surface area contributed by atoms with Crippen LogP contribution in [0.5, 0.6) is 0 Å². The van der Waals surface area contributed by atoms with Crippen LogP contribution in [0.15, 0.2) is 0 Å². The summed E-state index contributed by atoms with van der Waals surface area (Å²) in [5.74, 6) is 0.784. The van der Waals surface area contributed by atoms with E-state index in [4.69, 9.17) is 0 Å². The van der Waals surface area contributed by atoms with Gasteiger partial charge in [0.1, 0.15) is 0 Å². The zero-order chi connectivity index (χ0) is 8.27. The fourth-order valence-electron chi connectivity index (χ4n) is 1.25. The quantitative estimate of drug-likeness (QED) is 0.440. The van der Waals surface area contributed by atoms with Gasteiger partial charge in [-0.15, -0.1) is 0 Å². The van der Waals surface area contributed by atoms with Gasteiger partial charge >= 0.3 is 0 Å². The average Bonchev–Trinajstić information content (AvgIpc) is 2.03. The molecule has 1 saturated heterocycles. The Labute approximate surface area is 82.0 Å². The second kappa shape index (κ2) is 4.59. The van der Waals surface area contributed by atoms with Crippen LogP contribution in [0.2, 0.25) is 0 Å². The highest BCUT2D eigenvalue weighted by atomic mass is 127. The molecule has 0 amide bonds. The van der Waals surface area contributed by atoms with Crippen molar-refractivity contribution >= 4 is 22.6 Å². The van der Waals surface area contributed by atoms with E-state index in [1.165, 1.54) is 6.42 Å². The van der Waals surface area contributed by atoms with Gasteiger partial charge in [0.05, 0.1) is 10.7 Å². The Kier molecular flexibility index (Phi) is 4.05. The minimum atomic E-state index is 0.510. The Morgan fingerprint density at radius 1 is 1.64 bits per heavy atom. The summed E-state index contributed by atoms with van der Waals surface area (Å²) < 4.78 is 1.07. The highest BCUT2D eigenvalue weighted by molar-refractivity contribution is 14.1. The maximum atomic E-state index is 3.27. The van der Waals surface area contributed by atoms with Gasteiger partial charge in [0.2, 0.25) is 0 Å². The topological polar surface area (TPSA) is 27.3 Å². The van der Waals surface area contributed by atoms with Crippen LogP contribution >= 0.6 is 22.6 Å². The second-order valence-corrected chi connectivity index (χ2v) is 3.94. The molecule has 0 spiro atoms. The molecule has 0 bridgehead atoms. The summed E-state index contributed by atoms with van der Waals surface area (Å²) in [6.45, 7) is 3.37. The lowest BCUT2D eigenvalue weighted by Crippen LogP contribution is -2.55. The molecule has 3 nitrogen and oxygen atoms in total. The van der Waals surface area contributed by atoms with Crippen molar-refractivity contribution in [1.82, 2.24) is 15.8 Å². The molecule has 1 rings (SSSR count). The SMILES string of the molecule is CC1CNNC(N(C)CI)C1. The van der Waals surface area contributed by atoms with Crippen molar-refractivity contribution in [3.8, 4) is 0 Å². The molecule has 0 aromatic heterocycles. The van der Waals surface area contributed by atoms with E-state index in [0.29, 0.717) is 6.17 Å². The molecule has 2 unspecified atom stereocenters. The van der Waals surface area contributed by atoms with Crippen LogP contribution in [0.4, 0.5) is 0 Å². The number of nitrogens with zero attached hydrogens (tertiary/aromatic N) is 1. The third-order valence-corrected chi connectivity index (χ3v) is 3.14. The second-order valence-electron chi connectivity index (χ2n) is 3.26. The van der Waals surface area contributed by atoms with Crippen molar-refractivity contribution in [2.45, 2.75) is 19.5 Å². The number of rotatable bonds is 2. The molecule has 0 aromatic rings. The molecular formula is C7H16IN3. The third kappa shape index (κ3) is 2.85. The first-order valence-electron chi connectivity index (χ1n) is 3.98. The number of hydrogen-bond donors (Lipinski definition) is 2. The van der Waals surface area contributed by atoms with E-state index in [2.05, 4.69) is 52.3 Å². The standard InChI is InChI=1S/C7H16IN3/c1-6-3-7(10-9-4-6)11(2)5-8/h6-7,9-10H,3-5H2,1-2H3. The molecule has 0 aliphatic carbocycles. The van der Waals surface area contributed by atoms with E-state index in [0.717, 1.165) is 17.0 Å². The summed E-state index contributed by atoms with van der Waals surface area (Å²) in [4.78, 5) is 2.31. The molecule has 0 radical (unpaired) electrons. The zero-order valence-electron chi connectivity index (χ0n) is 7.10. The summed E-state index contributed by atoms with van der Waals surface area (Å²) in [7, 11) is 2.14. The van der Waals surface area contributed by atoms with Crippen molar-refractivity contribution < 1.29 is 0 Å². The first-order chi connectivity index (χ1) is 5.24. The largest absolute Gasteiger partial charge is 0.281 e. The number of nitrogens with one attached hydrogen (secondary N) is 2. The molecular weight excluding hydrogens is 253 g/mol. The van der Waals surface area contributed by atoms with Gasteiger partial charge in [-0.1, -0.05) is 29.5 Å². The van der Waals surface area contributed by atoms with Gasteiger partial charge < -0.3 is 0 Å². The molecule has 2 atom stereocenters. The molecule has 1 heterocycles. The molecule has 66 valence electrons. The van der Waals surface area contributed by atoms with Crippen molar-refractivity contribution in [2.24, 2.45) is 5.92 Å².